The zero-order valence-corrected chi connectivity index (χ0v) is 10.6. The number of benzene rings is 1. The number of hydrogen-bond acceptors (Lipinski definition) is 1. The van der Waals surface area contributed by atoms with E-state index in [0.717, 1.165) is 16.5 Å². The molecule has 14 heavy (non-hydrogen) atoms. The van der Waals surface area contributed by atoms with Crippen molar-refractivity contribution >= 4 is 27.5 Å². The Morgan fingerprint density at radius 1 is 1.50 bits per heavy atom. The van der Waals surface area contributed by atoms with Gasteiger partial charge in [0.25, 0.3) is 0 Å². The van der Waals surface area contributed by atoms with E-state index in [2.05, 4.69) is 22.9 Å². The lowest BCUT2D eigenvalue weighted by Gasteiger charge is -2.17. The Morgan fingerprint density at radius 2 is 2.14 bits per heavy atom. The first kappa shape index (κ1) is 12.0. The molecule has 0 spiro atoms. The van der Waals surface area contributed by atoms with Crippen LogP contribution in [0.25, 0.3) is 0 Å². The third kappa shape index (κ3) is 2.72. The highest BCUT2D eigenvalue weighted by Crippen LogP contribution is 2.29. The standard InChI is InChI=1S/C11H14BrClO/c1-3-7(2)11(14)8-4-5-9(12)10(13)6-8/h4-7,11,14H,3H2,1-2H3. The average molecular weight is 278 g/mol. The van der Waals surface area contributed by atoms with Crippen molar-refractivity contribution in [2.24, 2.45) is 5.92 Å². The lowest BCUT2D eigenvalue weighted by Crippen LogP contribution is -2.07. The molecule has 0 aliphatic heterocycles. The summed E-state index contributed by atoms with van der Waals surface area (Å²) in [5, 5.41) is 10.6. The van der Waals surface area contributed by atoms with Crippen molar-refractivity contribution in [2.75, 3.05) is 0 Å². The molecule has 0 amide bonds. The largest absolute Gasteiger partial charge is 0.388 e. The van der Waals surface area contributed by atoms with Crippen LogP contribution in [-0.2, 0) is 0 Å². The maximum absolute atomic E-state index is 9.93. The zero-order chi connectivity index (χ0) is 10.7. The van der Waals surface area contributed by atoms with Crippen molar-refractivity contribution in [3.63, 3.8) is 0 Å². The average Bonchev–Trinajstić information content (AvgIpc) is 2.20. The molecule has 0 saturated heterocycles. The number of rotatable bonds is 3. The Bertz CT molecular complexity index is 314. The summed E-state index contributed by atoms with van der Waals surface area (Å²) in [5.74, 6) is 0.257. The van der Waals surface area contributed by atoms with Gasteiger partial charge in [0.1, 0.15) is 0 Å². The fourth-order valence-corrected chi connectivity index (χ4v) is 1.68. The summed E-state index contributed by atoms with van der Waals surface area (Å²) >= 11 is 9.27. The van der Waals surface area contributed by atoms with Crippen LogP contribution in [0.3, 0.4) is 0 Å². The van der Waals surface area contributed by atoms with Crippen molar-refractivity contribution in [3.8, 4) is 0 Å². The normalized spacial score (nSPS) is 15.2. The zero-order valence-electron chi connectivity index (χ0n) is 8.30. The monoisotopic (exact) mass is 276 g/mol. The molecule has 2 unspecified atom stereocenters. The van der Waals surface area contributed by atoms with Gasteiger partial charge in [0.05, 0.1) is 11.1 Å². The van der Waals surface area contributed by atoms with Crippen LogP contribution in [0.2, 0.25) is 5.02 Å². The second-order valence-electron chi connectivity index (χ2n) is 3.50. The van der Waals surface area contributed by atoms with Crippen molar-refractivity contribution in [1.82, 2.24) is 0 Å². The molecule has 3 heteroatoms. The molecule has 2 atom stereocenters. The molecule has 78 valence electrons. The molecule has 1 rings (SSSR count). The SMILES string of the molecule is CCC(C)C(O)c1ccc(Br)c(Cl)c1. The smallest absolute Gasteiger partial charge is 0.0815 e. The predicted octanol–water partition coefficient (Wildman–Crippen LogP) is 4.18. The number of halogens is 2. The molecule has 0 aliphatic carbocycles. The summed E-state index contributed by atoms with van der Waals surface area (Å²) in [4.78, 5) is 0. The first-order valence-electron chi connectivity index (χ1n) is 4.69. The van der Waals surface area contributed by atoms with E-state index in [1.807, 2.05) is 25.1 Å². The van der Waals surface area contributed by atoms with Crippen LogP contribution in [0.5, 0.6) is 0 Å². The van der Waals surface area contributed by atoms with Gasteiger partial charge in [-0.1, -0.05) is 37.9 Å². The van der Waals surface area contributed by atoms with E-state index in [1.165, 1.54) is 0 Å². The Balaban J connectivity index is 2.91. The van der Waals surface area contributed by atoms with Crippen LogP contribution in [0.4, 0.5) is 0 Å². The minimum atomic E-state index is -0.425. The Labute approximate surface area is 98.2 Å². The third-order valence-corrected chi connectivity index (χ3v) is 3.70. The third-order valence-electron chi connectivity index (χ3n) is 2.47. The molecule has 0 fully saturated rings. The highest BCUT2D eigenvalue weighted by atomic mass is 79.9. The molecular formula is C11H14BrClO. The fourth-order valence-electron chi connectivity index (χ4n) is 1.25. The van der Waals surface area contributed by atoms with Crippen molar-refractivity contribution in [2.45, 2.75) is 26.4 Å². The molecule has 1 nitrogen and oxygen atoms in total. The maximum atomic E-state index is 9.93. The van der Waals surface area contributed by atoms with Gasteiger partial charge in [-0.2, -0.15) is 0 Å². The first-order chi connectivity index (χ1) is 6.56. The number of aliphatic hydroxyl groups is 1. The minimum Gasteiger partial charge on any atom is -0.388 e. The molecule has 0 aliphatic rings. The van der Waals surface area contributed by atoms with E-state index in [4.69, 9.17) is 11.6 Å². The van der Waals surface area contributed by atoms with Gasteiger partial charge in [-0.25, -0.2) is 0 Å². The van der Waals surface area contributed by atoms with Gasteiger partial charge >= 0.3 is 0 Å². The highest BCUT2D eigenvalue weighted by Gasteiger charge is 2.15. The van der Waals surface area contributed by atoms with E-state index in [-0.39, 0.29) is 5.92 Å². The molecule has 0 saturated carbocycles. The minimum absolute atomic E-state index is 0.257. The van der Waals surface area contributed by atoms with Gasteiger partial charge in [0.2, 0.25) is 0 Å². The van der Waals surface area contributed by atoms with Crippen LogP contribution in [0.1, 0.15) is 31.9 Å². The van der Waals surface area contributed by atoms with E-state index in [1.54, 1.807) is 0 Å². The first-order valence-corrected chi connectivity index (χ1v) is 5.86. The Morgan fingerprint density at radius 3 is 2.64 bits per heavy atom. The molecule has 1 aromatic carbocycles. The van der Waals surface area contributed by atoms with E-state index in [9.17, 15) is 5.11 Å². The fraction of sp³-hybridized carbons (Fsp3) is 0.455. The lowest BCUT2D eigenvalue weighted by atomic mass is 9.95. The number of aliphatic hydroxyl groups excluding tert-OH is 1. The number of hydrogen-bond donors (Lipinski definition) is 1. The molecule has 0 aromatic heterocycles. The van der Waals surface area contributed by atoms with E-state index in [0.29, 0.717) is 5.02 Å². The second-order valence-corrected chi connectivity index (χ2v) is 4.77. The Kier molecular flexibility index (Phi) is 4.42. The topological polar surface area (TPSA) is 20.2 Å². The summed E-state index contributed by atoms with van der Waals surface area (Å²) in [6.45, 7) is 4.09. The predicted molar refractivity (Wildman–Crippen MR) is 63.6 cm³/mol. The van der Waals surface area contributed by atoms with Crippen LogP contribution in [0.15, 0.2) is 22.7 Å². The molecule has 0 radical (unpaired) electrons. The lowest BCUT2D eigenvalue weighted by molar-refractivity contribution is 0.115. The van der Waals surface area contributed by atoms with Crippen LogP contribution in [0, 0.1) is 5.92 Å². The van der Waals surface area contributed by atoms with E-state index < -0.39 is 6.10 Å². The van der Waals surface area contributed by atoms with Crippen LogP contribution >= 0.6 is 27.5 Å². The van der Waals surface area contributed by atoms with Crippen molar-refractivity contribution in [3.05, 3.63) is 33.3 Å². The Hall–Kier alpha value is -0.0500. The van der Waals surface area contributed by atoms with Gasteiger partial charge in [0, 0.05) is 4.47 Å². The summed E-state index contributed by atoms with van der Waals surface area (Å²) in [7, 11) is 0. The quantitative estimate of drug-likeness (QED) is 0.878. The maximum Gasteiger partial charge on any atom is 0.0815 e. The summed E-state index contributed by atoms with van der Waals surface area (Å²) in [5.41, 5.74) is 0.882. The summed E-state index contributed by atoms with van der Waals surface area (Å²) in [6, 6.07) is 5.57. The van der Waals surface area contributed by atoms with Crippen LogP contribution < -0.4 is 0 Å². The van der Waals surface area contributed by atoms with Crippen molar-refractivity contribution in [1.29, 1.82) is 0 Å². The molecule has 0 heterocycles. The molecule has 0 bridgehead atoms. The second kappa shape index (κ2) is 5.15. The van der Waals surface area contributed by atoms with Gasteiger partial charge in [-0.15, -0.1) is 0 Å². The van der Waals surface area contributed by atoms with Gasteiger partial charge in [-0.3, -0.25) is 0 Å². The highest BCUT2D eigenvalue weighted by molar-refractivity contribution is 9.10. The summed E-state index contributed by atoms with van der Waals surface area (Å²) < 4.78 is 0.860. The molecule has 1 N–H and O–H groups in total. The molecule has 1 aromatic rings. The van der Waals surface area contributed by atoms with Crippen LogP contribution in [-0.4, -0.2) is 5.11 Å². The van der Waals surface area contributed by atoms with E-state index >= 15 is 0 Å². The van der Waals surface area contributed by atoms with Crippen molar-refractivity contribution < 1.29 is 5.11 Å². The van der Waals surface area contributed by atoms with Gasteiger partial charge in [-0.05, 0) is 39.5 Å². The van der Waals surface area contributed by atoms with Gasteiger partial charge < -0.3 is 5.11 Å². The molecular weight excluding hydrogens is 263 g/mol. The summed E-state index contributed by atoms with van der Waals surface area (Å²) in [6.07, 6.45) is 0.528. The van der Waals surface area contributed by atoms with Gasteiger partial charge in [0.15, 0.2) is 0 Å².